The molecule has 8 heteroatoms. The van der Waals surface area contributed by atoms with Crippen molar-refractivity contribution in [2.75, 3.05) is 17.7 Å². The fraction of sp³-hybridized carbons (Fsp3) is 0.174. The first-order valence-corrected chi connectivity index (χ1v) is 10.7. The SMILES string of the molecule is Cc1ccc2nc(SCC(=O)N(C)c3ccccc3C(=O)NCc3ccco3)[nH]c2c1. The molecule has 2 aromatic carbocycles. The molecule has 0 unspecified atom stereocenters. The third kappa shape index (κ3) is 4.80. The number of carbonyl (C=O) groups excluding carboxylic acids is 2. The highest BCUT2D eigenvalue weighted by Crippen LogP contribution is 2.23. The Morgan fingerprint density at radius 1 is 1.16 bits per heavy atom. The zero-order valence-electron chi connectivity index (χ0n) is 17.2. The summed E-state index contributed by atoms with van der Waals surface area (Å²) < 4.78 is 5.25. The molecule has 2 heterocycles. The standard InChI is InChI=1S/C23H22N4O3S/c1-15-9-10-18-19(12-15)26-23(25-18)31-14-21(28)27(2)20-8-4-3-7-17(20)22(29)24-13-16-6-5-11-30-16/h3-12H,13-14H2,1-2H3,(H,24,29)(H,25,26). The molecular formula is C23H22N4O3S. The van der Waals surface area contributed by atoms with Crippen LogP contribution < -0.4 is 10.2 Å². The number of para-hydroxylation sites is 1. The number of fused-ring (bicyclic) bond motifs is 1. The van der Waals surface area contributed by atoms with Crippen molar-refractivity contribution in [3.63, 3.8) is 0 Å². The lowest BCUT2D eigenvalue weighted by Crippen LogP contribution is -2.31. The number of hydrogen-bond donors (Lipinski definition) is 2. The number of nitrogens with zero attached hydrogens (tertiary/aromatic N) is 2. The second-order valence-electron chi connectivity index (χ2n) is 7.08. The molecule has 7 nitrogen and oxygen atoms in total. The van der Waals surface area contributed by atoms with Crippen LogP contribution in [0.3, 0.4) is 0 Å². The fourth-order valence-corrected chi connectivity index (χ4v) is 3.96. The molecule has 4 rings (SSSR count). The predicted molar refractivity (Wildman–Crippen MR) is 121 cm³/mol. The highest BCUT2D eigenvalue weighted by molar-refractivity contribution is 7.99. The average molecular weight is 435 g/mol. The van der Waals surface area contributed by atoms with Crippen LogP contribution in [-0.4, -0.2) is 34.6 Å². The van der Waals surface area contributed by atoms with Crippen LogP contribution in [0, 0.1) is 6.92 Å². The molecule has 0 aliphatic heterocycles. The van der Waals surface area contributed by atoms with Gasteiger partial charge in [-0.05, 0) is 48.9 Å². The minimum atomic E-state index is -0.271. The number of hydrogen-bond acceptors (Lipinski definition) is 5. The van der Waals surface area contributed by atoms with Gasteiger partial charge in [0.2, 0.25) is 5.91 Å². The van der Waals surface area contributed by atoms with Gasteiger partial charge in [-0.25, -0.2) is 4.98 Å². The molecule has 0 radical (unpaired) electrons. The molecule has 2 aromatic heterocycles. The first-order valence-electron chi connectivity index (χ1n) is 9.76. The van der Waals surface area contributed by atoms with E-state index in [1.807, 2.05) is 25.1 Å². The van der Waals surface area contributed by atoms with E-state index in [4.69, 9.17) is 4.42 Å². The first-order chi connectivity index (χ1) is 15.0. The smallest absolute Gasteiger partial charge is 0.253 e. The number of aryl methyl sites for hydroxylation is 1. The Morgan fingerprint density at radius 2 is 2.00 bits per heavy atom. The van der Waals surface area contributed by atoms with Gasteiger partial charge < -0.3 is 19.6 Å². The lowest BCUT2D eigenvalue weighted by molar-refractivity contribution is -0.115. The van der Waals surface area contributed by atoms with Crippen molar-refractivity contribution in [2.45, 2.75) is 18.6 Å². The van der Waals surface area contributed by atoms with E-state index >= 15 is 0 Å². The van der Waals surface area contributed by atoms with Crippen LogP contribution >= 0.6 is 11.8 Å². The van der Waals surface area contributed by atoms with Gasteiger partial charge in [0.25, 0.3) is 5.91 Å². The van der Waals surface area contributed by atoms with Gasteiger partial charge in [-0.3, -0.25) is 9.59 Å². The lowest BCUT2D eigenvalue weighted by Gasteiger charge is -2.20. The van der Waals surface area contributed by atoms with Crippen molar-refractivity contribution in [1.82, 2.24) is 15.3 Å². The number of rotatable bonds is 7. The van der Waals surface area contributed by atoms with Gasteiger partial charge >= 0.3 is 0 Å². The van der Waals surface area contributed by atoms with E-state index in [2.05, 4.69) is 15.3 Å². The van der Waals surface area contributed by atoms with Crippen LogP contribution in [0.2, 0.25) is 0 Å². The molecule has 31 heavy (non-hydrogen) atoms. The molecule has 0 spiro atoms. The van der Waals surface area contributed by atoms with Crippen molar-refractivity contribution >= 4 is 40.3 Å². The first kappa shape index (κ1) is 20.7. The van der Waals surface area contributed by atoms with Crippen LogP contribution in [0.4, 0.5) is 5.69 Å². The van der Waals surface area contributed by atoms with Crippen LogP contribution in [-0.2, 0) is 11.3 Å². The molecule has 0 saturated heterocycles. The van der Waals surface area contributed by atoms with E-state index < -0.39 is 0 Å². The van der Waals surface area contributed by atoms with Gasteiger partial charge in [0.1, 0.15) is 5.76 Å². The minimum Gasteiger partial charge on any atom is -0.467 e. The van der Waals surface area contributed by atoms with Crippen molar-refractivity contribution in [3.8, 4) is 0 Å². The van der Waals surface area contributed by atoms with E-state index in [0.717, 1.165) is 16.6 Å². The van der Waals surface area contributed by atoms with Crippen molar-refractivity contribution in [1.29, 1.82) is 0 Å². The number of H-pyrrole nitrogens is 1. The predicted octanol–water partition coefficient (Wildman–Crippen LogP) is 4.15. The Labute approximate surface area is 183 Å². The Morgan fingerprint density at radius 3 is 2.81 bits per heavy atom. The molecule has 158 valence electrons. The summed E-state index contributed by atoms with van der Waals surface area (Å²) in [5, 5.41) is 3.51. The average Bonchev–Trinajstić information content (AvgIpc) is 3.44. The summed E-state index contributed by atoms with van der Waals surface area (Å²) in [6.45, 7) is 2.30. The summed E-state index contributed by atoms with van der Waals surface area (Å²) in [6.07, 6.45) is 1.56. The van der Waals surface area contributed by atoms with Crippen LogP contribution in [0.15, 0.2) is 70.4 Å². The van der Waals surface area contributed by atoms with Crippen LogP contribution in [0.5, 0.6) is 0 Å². The zero-order valence-corrected chi connectivity index (χ0v) is 18.0. The number of imidazole rings is 1. The number of nitrogens with one attached hydrogen (secondary N) is 2. The normalized spacial score (nSPS) is 10.9. The number of aromatic amines is 1. The van der Waals surface area contributed by atoms with E-state index in [0.29, 0.717) is 22.2 Å². The monoisotopic (exact) mass is 434 g/mol. The van der Waals surface area contributed by atoms with Gasteiger partial charge in [0, 0.05) is 7.05 Å². The molecular weight excluding hydrogens is 412 g/mol. The largest absolute Gasteiger partial charge is 0.467 e. The van der Waals surface area contributed by atoms with Gasteiger partial charge in [-0.1, -0.05) is 30.0 Å². The Bertz CT molecular complexity index is 1220. The third-order valence-corrected chi connectivity index (χ3v) is 5.69. The minimum absolute atomic E-state index is 0.132. The topological polar surface area (TPSA) is 91.2 Å². The van der Waals surface area contributed by atoms with Crippen molar-refractivity contribution in [3.05, 3.63) is 77.7 Å². The molecule has 2 amide bonds. The Kier molecular flexibility index (Phi) is 6.08. The Hall–Kier alpha value is -3.52. The summed E-state index contributed by atoms with van der Waals surface area (Å²) in [7, 11) is 1.67. The zero-order chi connectivity index (χ0) is 21.8. The van der Waals surface area contributed by atoms with Gasteiger partial charge in [-0.15, -0.1) is 0 Å². The van der Waals surface area contributed by atoms with Crippen molar-refractivity contribution < 1.29 is 14.0 Å². The van der Waals surface area contributed by atoms with Crippen molar-refractivity contribution in [2.24, 2.45) is 0 Å². The van der Waals surface area contributed by atoms with E-state index in [9.17, 15) is 9.59 Å². The molecule has 0 saturated carbocycles. The van der Waals surface area contributed by atoms with E-state index in [1.165, 1.54) is 16.7 Å². The molecule has 0 aliphatic rings. The summed E-state index contributed by atoms with van der Waals surface area (Å²) in [5.74, 6) is 0.449. The van der Waals surface area contributed by atoms with Gasteiger partial charge in [0.15, 0.2) is 5.16 Å². The van der Waals surface area contributed by atoms with Gasteiger partial charge in [0.05, 0.1) is 40.8 Å². The maximum absolute atomic E-state index is 12.8. The lowest BCUT2D eigenvalue weighted by atomic mass is 10.1. The number of carbonyl (C=O) groups is 2. The molecule has 2 N–H and O–H groups in total. The number of aromatic nitrogens is 2. The second kappa shape index (κ2) is 9.09. The number of thioether (sulfide) groups is 1. The summed E-state index contributed by atoms with van der Waals surface area (Å²) in [6, 6.07) is 16.6. The third-order valence-electron chi connectivity index (χ3n) is 4.84. The Balaban J connectivity index is 1.42. The number of amides is 2. The number of furan rings is 1. The summed E-state index contributed by atoms with van der Waals surface area (Å²) in [4.78, 5) is 34.8. The molecule has 4 aromatic rings. The highest BCUT2D eigenvalue weighted by atomic mass is 32.2. The van der Waals surface area contributed by atoms with E-state index in [-0.39, 0.29) is 24.1 Å². The molecule has 0 bridgehead atoms. The van der Waals surface area contributed by atoms with Crippen LogP contribution in [0.1, 0.15) is 21.7 Å². The maximum Gasteiger partial charge on any atom is 0.253 e. The maximum atomic E-state index is 12.8. The molecule has 0 atom stereocenters. The number of anilines is 1. The summed E-state index contributed by atoms with van der Waals surface area (Å²) in [5.41, 5.74) is 3.93. The fourth-order valence-electron chi connectivity index (χ4n) is 3.16. The van der Waals surface area contributed by atoms with E-state index in [1.54, 1.807) is 49.7 Å². The molecule has 0 aliphatic carbocycles. The second-order valence-corrected chi connectivity index (χ2v) is 8.05. The quantitative estimate of drug-likeness (QED) is 0.427. The van der Waals surface area contributed by atoms with Gasteiger partial charge in [-0.2, -0.15) is 0 Å². The van der Waals surface area contributed by atoms with Crippen LogP contribution in [0.25, 0.3) is 11.0 Å². The molecule has 0 fully saturated rings. The summed E-state index contributed by atoms with van der Waals surface area (Å²) >= 11 is 1.34. The number of benzene rings is 2. The highest BCUT2D eigenvalue weighted by Gasteiger charge is 2.19.